The van der Waals surface area contributed by atoms with Crippen molar-refractivity contribution in [3.63, 3.8) is 0 Å². The second-order valence-corrected chi connectivity index (χ2v) is 4.52. The maximum atomic E-state index is 10.7. The zero-order chi connectivity index (χ0) is 13.5. The van der Waals surface area contributed by atoms with E-state index in [0.29, 0.717) is 11.3 Å². The lowest BCUT2D eigenvalue weighted by Gasteiger charge is -2.41. The van der Waals surface area contributed by atoms with Gasteiger partial charge in [-0.2, -0.15) is 0 Å². The van der Waals surface area contributed by atoms with Gasteiger partial charge in [-0.1, -0.05) is 0 Å². The summed E-state index contributed by atoms with van der Waals surface area (Å²) < 4.78 is 5.48. The van der Waals surface area contributed by atoms with Gasteiger partial charge in [0.15, 0.2) is 5.60 Å². The number of nitrogens with zero attached hydrogens (tertiary/aromatic N) is 1. The molecule has 0 saturated carbocycles. The number of hydrogen-bond acceptors (Lipinski definition) is 6. The molecular formula is C11H14N2O5. The van der Waals surface area contributed by atoms with E-state index in [1.807, 2.05) is 0 Å². The van der Waals surface area contributed by atoms with Crippen LogP contribution in [0, 0.1) is 10.1 Å². The molecule has 0 amide bonds. The number of nitrogens with two attached hydrogens (primary N) is 1. The Hall–Kier alpha value is -1.70. The van der Waals surface area contributed by atoms with Crippen molar-refractivity contribution < 1.29 is 19.9 Å². The maximum absolute atomic E-state index is 10.7. The average Bonchev–Trinajstić information content (AvgIpc) is 2.35. The van der Waals surface area contributed by atoms with E-state index < -0.39 is 29.3 Å². The zero-order valence-electron chi connectivity index (χ0n) is 9.74. The molecule has 0 unspecified atom stereocenters. The molecule has 1 aromatic rings. The fourth-order valence-electron chi connectivity index (χ4n) is 1.99. The highest BCUT2D eigenvalue weighted by Gasteiger charge is 2.44. The van der Waals surface area contributed by atoms with Gasteiger partial charge >= 0.3 is 0 Å². The minimum atomic E-state index is -1.21. The highest BCUT2D eigenvalue weighted by atomic mass is 16.6. The van der Waals surface area contributed by atoms with Crippen molar-refractivity contribution in [2.45, 2.75) is 24.7 Å². The number of hydrogen-bond donors (Lipinski definition) is 3. The van der Waals surface area contributed by atoms with Crippen LogP contribution >= 0.6 is 0 Å². The Morgan fingerprint density at radius 2 is 2.28 bits per heavy atom. The lowest BCUT2D eigenvalue weighted by molar-refractivity contribution is -0.385. The van der Waals surface area contributed by atoms with Crippen LogP contribution in [0.25, 0.3) is 0 Å². The third-order valence-electron chi connectivity index (χ3n) is 3.19. The van der Waals surface area contributed by atoms with Crippen LogP contribution in [-0.4, -0.2) is 33.4 Å². The van der Waals surface area contributed by atoms with Crippen LogP contribution in [0.3, 0.4) is 0 Å². The van der Waals surface area contributed by atoms with Crippen molar-refractivity contribution >= 4 is 5.69 Å². The van der Waals surface area contributed by atoms with E-state index in [-0.39, 0.29) is 5.69 Å². The number of nitro groups is 1. The van der Waals surface area contributed by atoms with Gasteiger partial charge < -0.3 is 20.7 Å². The molecule has 18 heavy (non-hydrogen) atoms. The van der Waals surface area contributed by atoms with Gasteiger partial charge in [-0.25, -0.2) is 0 Å². The number of aliphatic hydroxyl groups is 2. The van der Waals surface area contributed by atoms with Gasteiger partial charge in [0.05, 0.1) is 17.6 Å². The number of rotatable bonds is 2. The standard InChI is InChI=1S/C11H14N2O5/c1-11(5-14)10(15)9(12)7-4-6(13(16)17)2-3-8(7)18-11/h2-4,9-10,14-15H,5,12H2,1H3/t9-,10+,11+/m0/s1. The van der Waals surface area contributed by atoms with Gasteiger partial charge in [-0.15, -0.1) is 0 Å². The van der Waals surface area contributed by atoms with E-state index >= 15 is 0 Å². The number of benzene rings is 1. The van der Waals surface area contributed by atoms with Crippen molar-refractivity contribution in [2.24, 2.45) is 5.73 Å². The van der Waals surface area contributed by atoms with E-state index in [9.17, 15) is 20.3 Å². The maximum Gasteiger partial charge on any atom is 0.270 e. The Balaban J connectivity index is 2.49. The van der Waals surface area contributed by atoms with Crippen LogP contribution in [0.1, 0.15) is 18.5 Å². The molecule has 1 aliphatic heterocycles. The first-order valence-electron chi connectivity index (χ1n) is 5.41. The van der Waals surface area contributed by atoms with Crippen molar-refractivity contribution in [3.05, 3.63) is 33.9 Å². The predicted octanol–water partition coefficient (Wildman–Crippen LogP) is 0.0989. The Kier molecular flexibility index (Phi) is 2.97. The summed E-state index contributed by atoms with van der Waals surface area (Å²) >= 11 is 0. The molecule has 1 aromatic carbocycles. The number of fused-ring (bicyclic) bond motifs is 1. The molecule has 7 nitrogen and oxygen atoms in total. The molecular weight excluding hydrogens is 240 g/mol. The van der Waals surface area contributed by atoms with E-state index in [1.54, 1.807) is 0 Å². The predicted molar refractivity (Wildman–Crippen MR) is 62.2 cm³/mol. The topological polar surface area (TPSA) is 119 Å². The molecule has 0 fully saturated rings. The molecule has 2 rings (SSSR count). The van der Waals surface area contributed by atoms with Gasteiger partial charge in [0.1, 0.15) is 11.9 Å². The Morgan fingerprint density at radius 3 is 2.83 bits per heavy atom. The summed E-state index contributed by atoms with van der Waals surface area (Å²) in [5.74, 6) is 0.343. The van der Waals surface area contributed by atoms with Crippen molar-refractivity contribution in [2.75, 3.05) is 6.61 Å². The van der Waals surface area contributed by atoms with Crippen molar-refractivity contribution in [1.82, 2.24) is 0 Å². The molecule has 0 spiro atoms. The molecule has 0 saturated heterocycles. The first kappa shape index (κ1) is 12.7. The number of non-ortho nitro benzene ring substituents is 1. The van der Waals surface area contributed by atoms with Crippen LogP contribution in [0.4, 0.5) is 5.69 Å². The van der Waals surface area contributed by atoms with Crippen molar-refractivity contribution in [1.29, 1.82) is 0 Å². The quantitative estimate of drug-likeness (QED) is 0.508. The largest absolute Gasteiger partial charge is 0.482 e. The molecule has 0 bridgehead atoms. The average molecular weight is 254 g/mol. The monoisotopic (exact) mass is 254 g/mol. The minimum absolute atomic E-state index is 0.118. The van der Waals surface area contributed by atoms with Gasteiger partial charge in [0.2, 0.25) is 0 Å². The second kappa shape index (κ2) is 4.20. The van der Waals surface area contributed by atoms with Gasteiger partial charge in [0.25, 0.3) is 5.69 Å². The Bertz CT molecular complexity index is 492. The van der Waals surface area contributed by atoms with E-state index in [0.717, 1.165) is 0 Å². The molecule has 98 valence electrons. The molecule has 0 aliphatic carbocycles. The molecule has 1 aliphatic rings. The summed E-state index contributed by atoms with van der Waals surface area (Å²) in [5, 5.41) is 29.9. The minimum Gasteiger partial charge on any atom is -0.482 e. The van der Waals surface area contributed by atoms with Crippen LogP contribution in [0.2, 0.25) is 0 Å². The van der Waals surface area contributed by atoms with Crippen LogP contribution in [0.5, 0.6) is 5.75 Å². The van der Waals surface area contributed by atoms with Crippen LogP contribution in [-0.2, 0) is 0 Å². The van der Waals surface area contributed by atoms with Gasteiger partial charge in [-0.3, -0.25) is 10.1 Å². The number of ether oxygens (including phenoxy) is 1. The van der Waals surface area contributed by atoms with E-state index in [1.165, 1.54) is 25.1 Å². The summed E-state index contributed by atoms with van der Waals surface area (Å²) in [6.45, 7) is 1.13. The zero-order valence-corrected chi connectivity index (χ0v) is 9.74. The first-order valence-corrected chi connectivity index (χ1v) is 5.41. The van der Waals surface area contributed by atoms with Crippen LogP contribution < -0.4 is 10.5 Å². The number of aliphatic hydroxyl groups excluding tert-OH is 2. The molecule has 7 heteroatoms. The summed E-state index contributed by atoms with van der Waals surface area (Å²) in [6.07, 6.45) is -1.14. The fraction of sp³-hybridized carbons (Fsp3) is 0.455. The summed E-state index contributed by atoms with van der Waals surface area (Å²) in [4.78, 5) is 10.1. The Morgan fingerprint density at radius 1 is 1.61 bits per heavy atom. The highest BCUT2D eigenvalue weighted by molar-refractivity contribution is 5.47. The summed E-state index contributed by atoms with van der Waals surface area (Å²) in [7, 11) is 0. The van der Waals surface area contributed by atoms with Crippen LogP contribution in [0.15, 0.2) is 18.2 Å². The molecule has 0 radical (unpaired) electrons. The first-order chi connectivity index (χ1) is 8.39. The summed E-state index contributed by atoms with van der Waals surface area (Å²) in [5.41, 5.74) is 4.89. The van der Waals surface area contributed by atoms with Crippen molar-refractivity contribution in [3.8, 4) is 5.75 Å². The summed E-state index contributed by atoms with van der Waals surface area (Å²) in [6, 6.07) is 3.15. The number of nitro benzene ring substituents is 1. The fourth-order valence-corrected chi connectivity index (χ4v) is 1.99. The highest BCUT2D eigenvalue weighted by Crippen LogP contribution is 2.40. The Labute approximate surface area is 103 Å². The molecule has 4 N–H and O–H groups in total. The normalized spacial score (nSPS) is 30.4. The molecule has 0 aromatic heterocycles. The SMILES string of the molecule is C[C@]1(CO)Oc2ccc([N+](=O)[O-])cc2[C@H](N)[C@H]1O. The van der Waals surface area contributed by atoms with E-state index in [4.69, 9.17) is 10.5 Å². The second-order valence-electron chi connectivity index (χ2n) is 4.52. The third kappa shape index (κ3) is 1.82. The molecule has 3 atom stereocenters. The lowest BCUT2D eigenvalue weighted by atomic mass is 9.86. The van der Waals surface area contributed by atoms with Gasteiger partial charge in [0, 0.05) is 17.7 Å². The smallest absolute Gasteiger partial charge is 0.270 e. The van der Waals surface area contributed by atoms with Gasteiger partial charge in [-0.05, 0) is 13.0 Å². The van der Waals surface area contributed by atoms with E-state index in [2.05, 4.69) is 0 Å². The third-order valence-corrected chi connectivity index (χ3v) is 3.19. The molecule has 1 heterocycles. The lowest BCUT2D eigenvalue weighted by Crippen LogP contribution is -2.55.